The summed E-state index contributed by atoms with van der Waals surface area (Å²) in [5.74, 6) is 0. The maximum Gasteiger partial charge on any atom is 1.00 e. The summed E-state index contributed by atoms with van der Waals surface area (Å²) >= 11 is 0. The topological polar surface area (TPSA) is 173 Å². The van der Waals surface area contributed by atoms with Gasteiger partial charge in [0, 0.05) is 0 Å². The molecular formula is C8H12Na2O10P2. The molecule has 0 aliphatic carbocycles. The predicted octanol–water partition coefficient (Wildman–Crippen LogP) is -5.15. The van der Waals surface area contributed by atoms with Gasteiger partial charge in [-0.2, -0.15) is 0 Å². The van der Waals surface area contributed by atoms with E-state index in [1.807, 2.05) is 0 Å². The van der Waals surface area contributed by atoms with Crippen LogP contribution in [-0.2, 0) is 18.2 Å². The normalized spacial score (nSPS) is 14.3. The Kier molecular flexibility index (Phi) is 21.2. The third-order valence-corrected chi connectivity index (χ3v) is 3.11. The van der Waals surface area contributed by atoms with Crippen LogP contribution in [0, 0.1) is 0 Å². The summed E-state index contributed by atoms with van der Waals surface area (Å²) in [6.45, 7) is 5.67. The van der Waals surface area contributed by atoms with Crippen LogP contribution < -0.4 is 68.9 Å². The Morgan fingerprint density at radius 2 is 1.14 bits per heavy atom. The molecule has 0 aliphatic rings. The van der Waals surface area contributed by atoms with Gasteiger partial charge in [-0.3, -0.25) is 9.13 Å². The van der Waals surface area contributed by atoms with Crippen molar-refractivity contribution in [3.8, 4) is 0 Å². The molecule has 0 fully saturated rings. The van der Waals surface area contributed by atoms with Crippen LogP contribution in [0.15, 0.2) is 25.3 Å². The van der Waals surface area contributed by atoms with Crippen LogP contribution in [0.1, 0.15) is 0 Å². The van der Waals surface area contributed by atoms with Crippen molar-refractivity contribution in [2.24, 2.45) is 0 Å². The number of rotatable bonds is 8. The summed E-state index contributed by atoms with van der Waals surface area (Å²) < 4.78 is 28.3. The Morgan fingerprint density at radius 1 is 0.909 bits per heavy atom. The minimum Gasteiger partial charge on any atom is -0.770 e. The number of carbonyl (C=O) groups is 2. The van der Waals surface area contributed by atoms with Crippen molar-refractivity contribution in [1.82, 2.24) is 0 Å². The van der Waals surface area contributed by atoms with E-state index in [0.717, 1.165) is 12.2 Å². The van der Waals surface area contributed by atoms with E-state index < -0.39 is 26.6 Å². The maximum absolute atomic E-state index is 10.2. The predicted molar refractivity (Wildman–Crippen MR) is 63.6 cm³/mol. The zero-order valence-electron chi connectivity index (χ0n) is 12.0. The summed E-state index contributed by atoms with van der Waals surface area (Å²) in [4.78, 5) is 40.1. The molecule has 0 aromatic rings. The van der Waals surface area contributed by atoms with E-state index in [0.29, 0.717) is 0 Å². The third kappa shape index (κ3) is 15.6. The first kappa shape index (κ1) is 30.6. The third-order valence-electron chi connectivity index (χ3n) is 1.19. The molecule has 2 unspecified atom stereocenters. The van der Waals surface area contributed by atoms with Crippen molar-refractivity contribution in [2.45, 2.75) is 0 Å². The summed E-state index contributed by atoms with van der Waals surface area (Å²) in [5.41, 5.74) is -3.93. The van der Waals surface area contributed by atoms with Gasteiger partial charge < -0.3 is 29.0 Å². The zero-order chi connectivity index (χ0) is 16.4. The van der Waals surface area contributed by atoms with Crippen LogP contribution in [0.2, 0.25) is 0 Å². The molecule has 116 valence electrons. The molecular weight excluding hydrogens is 364 g/mol. The second-order valence-electron chi connectivity index (χ2n) is 2.73. The van der Waals surface area contributed by atoms with Crippen LogP contribution in [-0.4, -0.2) is 34.8 Å². The molecule has 0 heterocycles. The SMILES string of the molecule is C=CCOP(=O)([O-])C(=O)O.C=CCOP(=O)([O-])C(=O)O.[Na+].[Na+]. The smallest absolute Gasteiger partial charge is 0.770 e. The van der Waals surface area contributed by atoms with Crippen molar-refractivity contribution in [3.05, 3.63) is 25.3 Å². The van der Waals surface area contributed by atoms with Crippen molar-refractivity contribution in [1.29, 1.82) is 0 Å². The fourth-order valence-corrected chi connectivity index (χ4v) is 1.24. The Bertz CT molecular complexity index is 424. The second-order valence-corrected chi connectivity index (χ2v) is 6.00. The van der Waals surface area contributed by atoms with Gasteiger partial charge >= 0.3 is 70.5 Å². The molecule has 0 aromatic carbocycles. The molecule has 0 saturated heterocycles. The van der Waals surface area contributed by atoms with Crippen LogP contribution in [0.25, 0.3) is 0 Å². The zero-order valence-corrected chi connectivity index (χ0v) is 17.8. The second kappa shape index (κ2) is 15.3. The molecule has 0 rings (SSSR count). The first-order chi connectivity index (χ1) is 9.01. The summed E-state index contributed by atoms with van der Waals surface area (Å²) in [6.07, 6.45) is 2.29. The monoisotopic (exact) mass is 376 g/mol. The van der Waals surface area contributed by atoms with Gasteiger partial charge in [0.15, 0.2) is 0 Å². The van der Waals surface area contributed by atoms with E-state index in [1.54, 1.807) is 0 Å². The van der Waals surface area contributed by atoms with Gasteiger partial charge in [0.05, 0.1) is 13.2 Å². The molecule has 0 saturated carbocycles. The largest absolute Gasteiger partial charge is 1.00 e. The van der Waals surface area contributed by atoms with Gasteiger partial charge in [0.25, 0.3) is 0 Å². The Balaban J connectivity index is -0.000000135. The molecule has 22 heavy (non-hydrogen) atoms. The molecule has 0 aliphatic heterocycles. The first-order valence-corrected chi connectivity index (χ1v) is 7.69. The minimum atomic E-state index is -4.69. The van der Waals surface area contributed by atoms with Gasteiger partial charge in [-0.15, -0.1) is 13.2 Å². The van der Waals surface area contributed by atoms with Crippen molar-refractivity contribution in [3.63, 3.8) is 0 Å². The van der Waals surface area contributed by atoms with Crippen molar-refractivity contribution >= 4 is 26.6 Å². The van der Waals surface area contributed by atoms with Crippen LogP contribution in [0.4, 0.5) is 9.59 Å². The van der Waals surface area contributed by atoms with Gasteiger partial charge in [0.1, 0.15) is 0 Å². The molecule has 0 bridgehead atoms. The summed E-state index contributed by atoms with van der Waals surface area (Å²) in [5, 5.41) is 15.9. The van der Waals surface area contributed by atoms with Crippen molar-refractivity contribution in [2.75, 3.05) is 13.2 Å². The fraction of sp³-hybridized carbons (Fsp3) is 0.250. The summed E-state index contributed by atoms with van der Waals surface area (Å²) in [7, 11) is -9.37. The van der Waals surface area contributed by atoms with Crippen LogP contribution in [0.3, 0.4) is 0 Å². The quantitative estimate of drug-likeness (QED) is 0.237. The fourth-order valence-electron chi connectivity index (χ4n) is 0.412. The number of hydrogen-bond acceptors (Lipinski definition) is 8. The van der Waals surface area contributed by atoms with Gasteiger partial charge in [-0.05, 0) is 0 Å². The first-order valence-electron chi connectivity index (χ1n) is 4.61. The average Bonchev–Trinajstić information content (AvgIpc) is 2.34. The molecule has 2 atom stereocenters. The van der Waals surface area contributed by atoms with Gasteiger partial charge in [0.2, 0.25) is 15.2 Å². The molecule has 14 heteroatoms. The molecule has 10 nitrogen and oxygen atoms in total. The van der Waals surface area contributed by atoms with Gasteiger partial charge in [-0.25, -0.2) is 9.59 Å². The number of hydrogen-bond donors (Lipinski definition) is 2. The van der Waals surface area contributed by atoms with Crippen molar-refractivity contribution < 1.29 is 107 Å². The molecule has 0 amide bonds. The van der Waals surface area contributed by atoms with E-state index in [4.69, 9.17) is 10.2 Å². The van der Waals surface area contributed by atoms with Crippen LogP contribution in [0.5, 0.6) is 0 Å². The minimum absolute atomic E-state index is 0. The van der Waals surface area contributed by atoms with Gasteiger partial charge in [-0.1, -0.05) is 12.2 Å². The molecule has 0 spiro atoms. The van der Waals surface area contributed by atoms with E-state index in [9.17, 15) is 28.5 Å². The van der Waals surface area contributed by atoms with E-state index in [1.165, 1.54) is 0 Å². The average molecular weight is 376 g/mol. The standard InChI is InChI=1S/2C4H7O5P.2Na/c2*1-2-3-9-10(7,8)4(5)6;;/h2*2H,1,3H2,(H,5,6)(H,7,8);;/q;;2*+1/p-2. The molecule has 0 aromatic heterocycles. The molecule has 0 radical (unpaired) electrons. The molecule has 2 N–H and O–H groups in total. The Labute approximate surface area is 170 Å². The Morgan fingerprint density at radius 3 is 1.27 bits per heavy atom. The maximum atomic E-state index is 10.2. The van der Waals surface area contributed by atoms with E-state index >= 15 is 0 Å². The summed E-state index contributed by atoms with van der Waals surface area (Å²) in [6, 6.07) is 0. The Hall–Kier alpha value is 0.720. The number of carboxylic acid groups (broad SMARTS) is 2. The van der Waals surface area contributed by atoms with Crippen LogP contribution >= 0.6 is 15.2 Å². The van der Waals surface area contributed by atoms with E-state index in [2.05, 4.69) is 22.2 Å². The van der Waals surface area contributed by atoms with E-state index in [-0.39, 0.29) is 72.3 Å².